The van der Waals surface area contributed by atoms with Crippen molar-refractivity contribution in [3.63, 3.8) is 0 Å². The molecule has 0 aliphatic heterocycles. The number of hydrogen-bond donors (Lipinski definition) is 0. The first-order valence-corrected chi connectivity index (χ1v) is 4.55. The van der Waals surface area contributed by atoms with E-state index in [1.807, 2.05) is 0 Å². The van der Waals surface area contributed by atoms with Gasteiger partial charge in [0.1, 0.15) is 12.4 Å². The van der Waals surface area contributed by atoms with Crippen molar-refractivity contribution in [2.24, 2.45) is 0 Å². The lowest BCUT2D eigenvalue weighted by Gasteiger charge is -2.14. The molecule has 0 radical (unpaired) electrons. The Kier molecular flexibility index (Phi) is 3.89. The van der Waals surface area contributed by atoms with Crippen LogP contribution in [-0.2, 0) is 13.1 Å². The number of halogens is 4. The van der Waals surface area contributed by atoms with E-state index in [2.05, 4.69) is 9.72 Å². The molecule has 0 N–H and O–H groups in total. The summed E-state index contributed by atoms with van der Waals surface area (Å²) in [5, 5.41) is 8.43. The number of nitrogens with zero attached hydrogens (tertiary/aromatic N) is 2. The monoisotopic (exact) mass is 248 g/mol. The second kappa shape index (κ2) is 4.99. The average Bonchev–Trinajstić information content (AvgIpc) is 2.20. The number of aryl methyl sites for hydroxylation is 1. The molecule has 1 rings (SSSR count). The van der Waals surface area contributed by atoms with Crippen LogP contribution in [0.3, 0.4) is 0 Å². The molecule has 7 heteroatoms. The van der Waals surface area contributed by atoms with Crippen LogP contribution in [0.4, 0.5) is 17.6 Å². The molecular weight excluding hydrogens is 240 g/mol. The van der Waals surface area contributed by atoms with Gasteiger partial charge in [0.05, 0.1) is 18.2 Å². The topological polar surface area (TPSA) is 45.9 Å². The summed E-state index contributed by atoms with van der Waals surface area (Å²) in [5.41, 5.74) is -0.144. The first kappa shape index (κ1) is 13.2. The molecule has 0 bridgehead atoms. The standard InChI is InChI=1S/C10H8F4N2O/c1-6-4-7(2-3-15)16-8(5-11)9(6)17-10(12,13)14/h4H,2,5H2,1H3. The zero-order valence-electron chi connectivity index (χ0n) is 8.81. The van der Waals surface area contributed by atoms with Crippen LogP contribution < -0.4 is 4.74 Å². The maximum absolute atomic E-state index is 12.6. The lowest BCUT2D eigenvalue weighted by atomic mass is 10.1. The lowest BCUT2D eigenvalue weighted by molar-refractivity contribution is -0.275. The van der Waals surface area contributed by atoms with E-state index < -0.39 is 24.5 Å². The highest BCUT2D eigenvalue weighted by Crippen LogP contribution is 2.30. The van der Waals surface area contributed by atoms with Crippen molar-refractivity contribution in [3.05, 3.63) is 23.0 Å². The van der Waals surface area contributed by atoms with E-state index in [4.69, 9.17) is 5.26 Å². The summed E-state index contributed by atoms with van der Waals surface area (Å²) in [6.45, 7) is 0.147. The molecule has 1 aromatic rings. The first-order chi connectivity index (χ1) is 7.87. The summed E-state index contributed by atoms with van der Waals surface area (Å²) >= 11 is 0. The Bertz CT molecular complexity index is 451. The molecule has 0 unspecified atom stereocenters. The van der Waals surface area contributed by atoms with Gasteiger partial charge in [0.2, 0.25) is 0 Å². The van der Waals surface area contributed by atoms with Crippen LogP contribution in [0.5, 0.6) is 5.75 Å². The summed E-state index contributed by atoms with van der Waals surface area (Å²) in [7, 11) is 0. The van der Waals surface area contributed by atoms with Gasteiger partial charge in [-0.2, -0.15) is 5.26 Å². The molecule has 1 aromatic heterocycles. The van der Waals surface area contributed by atoms with Gasteiger partial charge in [-0.1, -0.05) is 0 Å². The molecule has 0 saturated heterocycles. The second-order valence-electron chi connectivity index (χ2n) is 3.22. The van der Waals surface area contributed by atoms with Crippen molar-refractivity contribution < 1.29 is 22.3 Å². The number of ether oxygens (including phenoxy) is 1. The molecule has 17 heavy (non-hydrogen) atoms. The Balaban J connectivity index is 3.17. The summed E-state index contributed by atoms with van der Waals surface area (Å²) in [5.74, 6) is -0.637. The largest absolute Gasteiger partial charge is 0.573 e. The minimum absolute atomic E-state index is 0.0928. The van der Waals surface area contributed by atoms with Crippen molar-refractivity contribution in [3.8, 4) is 11.8 Å². The van der Waals surface area contributed by atoms with Crippen molar-refractivity contribution in [2.75, 3.05) is 0 Å². The van der Waals surface area contributed by atoms with Crippen molar-refractivity contribution in [1.82, 2.24) is 4.98 Å². The van der Waals surface area contributed by atoms with Gasteiger partial charge < -0.3 is 4.74 Å². The molecule has 0 saturated carbocycles. The quantitative estimate of drug-likeness (QED) is 0.772. The molecule has 0 aliphatic carbocycles. The highest BCUT2D eigenvalue weighted by atomic mass is 19.4. The summed E-state index contributed by atoms with van der Waals surface area (Å²) in [6, 6.07) is 3.05. The van der Waals surface area contributed by atoms with Crippen molar-refractivity contribution in [2.45, 2.75) is 26.4 Å². The number of hydrogen-bond acceptors (Lipinski definition) is 3. The van der Waals surface area contributed by atoms with Crippen LogP contribution in [-0.4, -0.2) is 11.3 Å². The van der Waals surface area contributed by atoms with Crippen molar-refractivity contribution >= 4 is 0 Å². The predicted octanol–water partition coefficient (Wildman–Crippen LogP) is 2.82. The van der Waals surface area contributed by atoms with E-state index in [0.717, 1.165) is 0 Å². The first-order valence-electron chi connectivity index (χ1n) is 4.55. The maximum atomic E-state index is 12.6. The highest BCUT2D eigenvalue weighted by molar-refractivity contribution is 5.38. The van der Waals surface area contributed by atoms with Crippen LogP contribution >= 0.6 is 0 Å². The summed E-state index contributed by atoms with van der Waals surface area (Å²) in [6.07, 6.45) is -4.99. The van der Waals surface area contributed by atoms with Gasteiger partial charge in [0.15, 0.2) is 5.75 Å². The Morgan fingerprint density at radius 3 is 2.59 bits per heavy atom. The van der Waals surface area contributed by atoms with Gasteiger partial charge in [-0.3, -0.25) is 4.98 Å². The lowest BCUT2D eigenvalue weighted by Crippen LogP contribution is -2.19. The van der Waals surface area contributed by atoms with E-state index in [1.54, 1.807) is 6.07 Å². The molecule has 0 amide bonds. The van der Waals surface area contributed by atoms with Crippen molar-refractivity contribution in [1.29, 1.82) is 5.26 Å². The third kappa shape index (κ3) is 3.59. The average molecular weight is 248 g/mol. The number of alkyl halides is 4. The Hall–Kier alpha value is -1.84. The molecule has 0 atom stereocenters. The Morgan fingerprint density at radius 2 is 2.12 bits per heavy atom. The van der Waals surface area contributed by atoms with Crippen LogP contribution in [0, 0.1) is 18.3 Å². The fraction of sp³-hybridized carbons (Fsp3) is 0.400. The van der Waals surface area contributed by atoms with Gasteiger partial charge in [0.25, 0.3) is 0 Å². The summed E-state index contributed by atoms with van der Waals surface area (Å²) in [4.78, 5) is 3.60. The third-order valence-electron chi connectivity index (χ3n) is 1.89. The van der Waals surface area contributed by atoms with Crippen LogP contribution in [0.15, 0.2) is 6.07 Å². The minimum atomic E-state index is -4.90. The Morgan fingerprint density at radius 1 is 1.47 bits per heavy atom. The SMILES string of the molecule is Cc1cc(CC#N)nc(CF)c1OC(F)(F)F. The van der Waals surface area contributed by atoms with Gasteiger partial charge in [0, 0.05) is 0 Å². The van der Waals surface area contributed by atoms with E-state index in [-0.39, 0.29) is 17.7 Å². The third-order valence-corrected chi connectivity index (χ3v) is 1.89. The maximum Gasteiger partial charge on any atom is 0.573 e. The molecule has 3 nitrogen and oxygen atoms in total. The van der Waals surface area contributed by atoms with E-state index >= 15 is 0 Å². The number of aromatic nitrogens is 1. The van der Waals surface area contributed by atoms with Crippen LogP contribution in [0.2, 0.25) is 0 Å². The molecule has 0 aromatic carbocycles. The molecule has 0 spiro atoms. The number of pyridine rings is 1. The number of nitriles is 1. The normalized spacial score (nSPS) is 11.1. The molecule has 92 valence electrons. The Labute approximate surface area is 94.6 Å². The molecule has 0 fully saturated rings. The van der Waals surface area contributed by atoms with E-state index in [0.29, 0.717) is 0 Å². The second-order valence-corrected chi connectivity index (χ2v) is 3.22. The van der Waals surface area contributed by atoms with E-state index in [1.165, 1.54) is 13.0 Å². The van der Waals surface area contributed by atoms with Gasteiger partial charge in [-0.15, -0.1) is 13.2 Å². The smallest absolute Gasteiger partial charge is 0.403 e. The zero-order valence-corrected chi connectivity index (χ0v) is 8.81. The minimum Gasteiger partial charge on any atom is -0.403 e. The van der Waals surface area contributed by atoms with Gasteiger partial charge >= 0.3 is 6.36 Å². The van der Waals surface area contributed by atoms with E-state index in [9.17, 15) is 17.6 Å². The van der Waals surface area contributed by atoms with Crippen LogP contribution in [0.1, 0.15) is 17.0 Å². The van der Waals surface area contributed by atoms with Crippen LogP contribution in [0.25, 0.3) is 0 Å². The molecule has 0 aliphatic rings. The van der Waals surface area contributed by atoms with Gasteiger partial charge in [-0.05, 0) is 18.6 Å². The molecule has 1 heterocycles. The summed E-state index contributed by atoms with van der Waals surface area (Å²) < 4.78 is 52.5. The fourth-order valence-corrected chi connectivity index (χ4v) is 1.32. The zero-order chi connectivity index (χ0) is 13.1. The highest BCUT2D eigenvalue weighted by Gasteiger charge is 2.33. The van der Waals surface area contributed by atoms with Gasteiger partial charge in [-0.25, -0.2) is 4.39 Å². The number of rotatable bonds is 3. The fourth-order valence-electron chi connectivity index (χ4n) is 1.32. The molecular formula is C10H8F4N2O. The predicted molar refractivity (Wildman–Crippen MR) is 49.8 cm³/mol.